The van der Waals surface area contributed by atoms with Gasteiger partial charge in [-0.15, -0.1) is 0 Å². The highest BCUT2D eigenvalue weighted by atomic mass is 19.1. The summed E-state index contributed by atoms with van der Waals surface area (Å²) in [6, 6.07) is 6.34. The van der Waals surface area contributed by atoms with Crippen LogP contribution in [0.2, 0.25) is 0 Å². The summed E-state index contributed by atoms with van der Waals surface area (Å²) >= 11 is 0. The normalized spacial score (nSPS) is 19.2. The van der Waals surface area contributed by atoms with Gasteiger partial charge in [0.25, 0.3) is 0 Å². The van der Waals surface area contributed by atoms with E-state index < -0.39 is 12.0 Å². The van der Waals surface area contributed by atoms with Gasteiger partial charge in [0.15, 0.2) is 6.10 Å². The zero-order valence-corrected chi connectivity index (χ0v) is 10.8. The van der Waals surface area contributed by atoms with Crippen LogP contribution < -0.4 is 10.6 Å². The molecule has 1 unspecified atom stereocenters. The number of morpholine rings is 1. The number of ether oxygens (including phenoxy) is 1. The van der Waals surface area contributed by atoms with Crippen molar-refractivity contribution < 1.29 is 13.9 Å². The molecule has 1 aromatic carbocycles. The van der Waals surface area contributed by atoms with E-state index in [4.69, 9.17) is 10.5 Å². The Kier molecular flexibility index (Phi) is 3.23. The van der Waals surface area contributed by atoms with Gasteiger partial charge in [0, 0.05) is 29.9 Å². The molecule has 1 aliphatic rings. The minimum atomic E-state index is -0.618. The summed E-state index contributed by atoms with van der Waals surface area (Å²) in [4.78, 5) is 17.4. The number of amides is 1. The summed E-state index contributed by atoms with van der Waals surface area (Å²) < 4.78 is 18.6. The molecule has 2 N–H and O–H groups in total. The Labute approximate surface area is 115 Å². The van der Waals surface area contributed by atoms with Crippen molar-refractivity contribution in [2.75, 3.05) is 24.6 Å². The average Bonchev–Trinajstić information content (AvgIpc) is 2.46. The number of aromatic nitrogens is 1. The molecule has 0 radical (unpaired) electrons. The number of hydrogen-bond donors (Lipinski definition) is 1. The average molecular weight is 275 g/mol. The number of pyridine rings is 1. The summed E-state index contributed by atoms with van der Waals surface area (Å²) in [6.07, 6.45) is 1.01. The van der Waals surface area contributed by atoms with Gasteiger partial charge >= 0.3 is 0 Å². The second-order valence-electron chi connectivity index (χ2n) is 4.70. The first kappa shape index (κ1) is 12.8. The number of nitrogens with two attached hydrogens (primary N) is 1. The topological polar surface area (TPSA) is 68.5 Å². The Morgan fingerprint density at radius 1 is 1.45 bits per heavy atom. The quantitative estimate of drug-likeness (QED) is 0.890. The van der Waals surface area contributed by atoms with Gasteiger partial charge in [-0.1, -0.05) is 0 Å². The molecule has 1 atom stereocenters. The van der Waals surface area contributed by atoms with E-state index in [1.165, 1.54) is 12.1 Å². The second kappa shape index (κ2) is 5.05. The fourth-order valence-electron chi connectivity index (χ4n) is 2.42. The molecule has 0 saturated carbocycles. The summed E-state index contributed by atoms with van der Waals surface area (Å²) in [5, 5.41) is 0.846. The molecule has 0 spiro atoms. The van der Waals surface area contributed by atoms with E-state index in [2.05, 4.69) is 4.98 Å². The van der Waals surface area contributed by atoms with Gasteiger partial charge in [0.05, 0.1) is 18.7 Å². The molecule has 3 rings (SSSR count). The number of halogens is 1. The molecule has 2 aromatic rings. The highest BCUT2D eigenvalue weighted by Crippen LogP contribution is 2.27. The summed E-state index contributed by atoms with van der Waals surface area (Å²) in [6.45, 7) is 1.48. The van der Waals surface area contributed by atoms with E-state index in [9.17, 15) is 9.18 Å². The highest BCUT2D eigenvalue weighted by molar-refractivity contribution is 5.92. The Morgan fingerprint density at radius 3 is 3.10 bits per heavy atom. The number of primary amides is 1. The van der Waals surface area contributed by atoms with Crippen LogP contribution in [0, 0.1) is 5.82 Å². The Hall–Kier alpha value is -2.21. The lowest BCUT2D eigenvalue weighted by Crippen LogP contribution is -2.48. The molecule has 5 nitrogen and oxygen atoms in total. The van der Waals surface area contributed by atoms with Crippen LogP contribution in [0.5, 0.6) is 0 Å². The molecule has 1 aromatic heterocycles. The third-order valence-corrected chi connectivity index (χ3v) is 3.41. The van der Waals surface area contributed by atoms with Crippen molar-refractivity contribution in [2.24, 2.45) is 5.73 Å². The fourth-order valence-corrected chi connectivity index (χ4v) is 2.42. The third-order valence-electron chi connectivity index (χ3n) is 3.41. The molecule has 6 heteroatoms. The lowest BCUT2D eigenvalue weighted by atomic mass is 10.1. The van der Waals surface area contributed by atoms with Gasteiger partial charge in [0.2, 0.25) is 5.91 Å². The number of anilines is 1. The minimum Gasteiger partial charge on any atom is -0.367 e. The largest absolute Gasteiger partial charge is 0.367 e. The molecule has 1 aliphatic heterocycles. The van der Waals surface area contributed by atoms with Gasteiger partial charge in [-0.05, 0) is 18.2 Å². The van der Waals surface area contributed by atoms with E-state index in [0.717, 1.165) is 11.1 Å². The standard InChI is InChI=1S/C14H14FN3O2/c15-9-1-2-10-11(7-9)17-4-3-12(10)18-5-6-20-13(8-18)14(16)19/h1-4,7,13H,5-6,8H2,(H2,16,19). The second-order valence-corrected chi connectivity index (χ2v) is 4.70. The van der Waals surface area contributed by atoms with Crippen LogP contribution in [0.1, 0.15) is 0 Å². The monoisotopic (exact) mass is 275 g/mol. The molecule has 0 aliphatic carbocycles. The van der Waals surface area contributed by atoms with Crippen molar-refractivity contribution in [3.05, 3.63) is 36.3 Å². The fraction of sp³-hybridized carbons (Fsp3) is 0.286. The molecule has 104 valence electrons. The maximum absolute atomic E-state index is 13.2. The lowest BCUT2D eigenvalue weighted by Gasteiger charge is -2.33. The van der Waals surface area contributed by atoms with Crippen LogP contribution in [-0.4, -0.2) is 36.7 Å². The van der Waals surface area contributed by atoms with Gasteiger partial charge in [-0.3, -0.25) is 9.78 Å². The molecule has 1 amide bonds. The van der Waals surface area contributed by atoms with Crippen molar-refractivity contribution in [3.63, 3.8) is 0 Å². The first-order chi connectivity index (χ1) is 9.65. The van der Waals surface area contributed by atoms with Crippen LogP contribution in [0.4, 0.5) is 10.1 Å². The molecule has 20 heavy (non-hydrogen) atoms. The third kappa shape index (κ3) is 2.30. The van der Waals surface area contributed by atoms with E-state index in [1.54, 1.807) is 12.3 Å². The van der Waals surface area contributed by atoms with Crippen LogP contribution in [0.15, 0.2) is 30.5 Å². The zero-order valence-electron chi connectivity index (χ0n) is 10.8. The van der Waals surface area contributed by atoms with E-state index in [0.29, 0.717) is 25.2 Å². The molecule has 0 bridgehead atoms. The van der Waals surface area contributed by atoms with Crippen molar-refractivity contribution in [2.45, 2.75) is 6.10 Å². The van der Waals surface area contributed by atoms with E-state index >= 15 is 0 Å². The predicted octanol–water partition coefficient (Wildman–Crippen LogP) is 1.06. The first-order valence-electron chi connectivity index (χ1n) is 6.35. The summed E-state index contributed by atoms with van der Waals surface area (Å²) in [7, 11) is 0. The lowest BCUT2D eigenvalue weighted by molar-refractivity contribution is -0.130. The number of nitrogens with zero attached hydrogens (tertiary/aromatic N) is 2. The smallest absolute Gasteiger partial charge is 0.248 e. The van der Waals surface area contributed by atoms with Crippen molar-refractivity contribution in [1.82, 2.24) is 4.98 Å². The number of carbonyl (C=O) groups excluding carboxylic acids is 1. The minimum absolute atomic E-state index is 0.320. The Balaban J connectivity index is 1.99. The summed E-state index contributed by atoms with van der Waals surface area (Å²) in [5.41, 5.74) is 6.78. The first-order valence-corrected chi connectivity index (χ1v) is 6.35. The highest BCUT2D eigenvalue weighted by Gasteiger charge is 2.25. The summed E-state index contributed by atoms with van der Waals surface area (Å²) in [5.74, 6) is -0.793. The van der Waals surface area contributed by atoms with Crippen LogP contribution in [-0.2, 0) is 9.53 Å². The van der Waals surface area contributed by atoms with Gasteiger partial charge in [-0.2, -0.15) is 0 Å². The number of fused-ring (bicyclic) bond motifs is 1. The Morgan fingerprint density at radius 2 is 2.30 bits per heavy atom. The van der Waals surface area contributed by atoms with E-state index in [1.807, 2.05) is 11.0 Å². The van der Waals surface area contributed by atoms with Crippen LogP contribution >= 0.6 is 0 Å². The number of carbonyl (C=O) groups is 1. The van der Waals surface area contributed by atoms with Gasteiger partial charge in [0.1, 0.15) is 5.82 Å². The van der Waals surface area contributed by atoms with Crippen LogP contribution in [0.3, 0.4) is 0 Å². The molecule has 2 heterocycles. The number of hydrogen-bond acceptors (Lipinski definition) is 4. The maximum Gasteiger partial charge on any atom is 0.248 e. The Bertz CT molecular complexity index is 662. The molecular formula is C14H14FN3O2. The zero-order chi connectivity index (χ0) is 14.1. The maximum atomic E-state index is 13.2. The van der Waals surface area contributed by atoms with Gasteiger partial charge in [-0.25, -0.2) is 4.39 Å². The van der Waals surface area contributed by atoms with Crippen molar-refractivity contribution in [1.29, 1.82) is 0 Å². The van der Waals surface area contributed by atoms with E-state index in [-0.39, 0.29) is 5.82 Å². The predicted molar refractivity (Wildman–Crippen MR) is 72.8 cm³/mol. The van der Waals surface area contributed by atoms with Gasteiger partial charge < -0.3 is 15.4 Å². The van der Waals surface area contributed by atoms with Crippen LogP contribution in [0.25, 0.3) is 10.9 Å². The molecule has 1 saturated heterocycles. The molecular weight excluding hydrogens is 261 g/mol. The number of benzene rings is 1. The SMILES string of the molecule is NC(=O)C1CN(c2ccnc3cc(F)ccc23)CCO1. The molecule has 1 fully saturated rings. The number of rotatable bonds is 2. The van der Waals surface area contributed by atoms with Crippen molar-refractivity contribution in [3.8, 4) is 0 Å². The van der Waals surface area contributed by atoms with Crippen molar-refractivity contribution >= 4 is 22.5 Å².